The van der Waals surface area contributed by atoms with Gasteiger partial charge in [-0.2, -0.15) is 0 Å². The van der Waals surface area contributed by atoms with Gasteiger partial charge in [0.05, 0.1) is 17.0 Å². The molecule has 0 bridgehead atoms. The Kier molecular flexibility index (Phi) is 8.03. The Balaban J connectivity index is 1.55. The van der Waals surface area contributed by atoms with Crippen LogP contribution in [0.25, 0.3) is 0 Å². The summed E-state index contributed by atoms with van der Waals surface area (Å²) in [4.78, 5) is 51.3. The molecule has 0 fully saturated rings. The number of amides is 2. The lowest BCUT2D eigenvalue weighted by molar-refractivity contribution is -0.146. The minimum Gasteiger partial charge on any atom is -0.462 e. The zero-order chi connectivity index (χ0) is 23.3. The van der Waals surface area contributed by atoms with Crippen LogP contribution < -0.4 is 10.6 Å². The van der Waals surface area contributed by atoms with E-state index in [1.54, 1.807) is 13.0 Å². The second kappa shape index (κ2) is 10.7. The summed E-state index contributed by atoms with van der Waals surface area (Å²) in [5.41, 5.74) is 1.34. The maximum absolute atomic E-state index is 12.5. The lowest BCUT2D eigenvalue weighted by atomic mass is 9.88. The van der Waals surface area contributed by atoms with Gasteiger partial charge in [0, 0.05) is 9.75 Å². The van der Waals surface area contributed by atoms with Crippen LogP contribution in [0.2, 0.25) is 0 Å². The van der Waals surface area contributed by atoms with E-state index in [1.807, 2.05) is 13.0 Å². The van der Waals surface area contributed by atoms with Crippen molar-refractivity contribution in [2.45, 2.75) is 40.0 Å². The van der Waals surface area contributed by atoms with Crippen LogP contribution in [0.3, 0.4) is 0 Å². The highest BCUT2D eigenvalue weighted by Crippen LogP contribution is 2.40. The fourth-order valence-corrected chi connectivity index (χ4v) is 5.61. The number of anilines is 1. The van der Waals surface area contributed by atoms with Crippen LogP contribution in [0.1, 0.15) is 55.6 Å². The molecule has 10 heteroatoms. The van der Waals surface area contributed by atoms with Crippen molar-refractivity contribution in [3.63, 3.8) is 0 Å². The number of carbonyl (C=O) groups excluding carboxylic acids is 4. The van der Waals surface area contributed by atoms with Gasteiger partial charge in [-0.25, -0.2) is 4.79 Å². The predicted molar refractivity (Wildman–Crippen MR) is 122 cm³/mol. The zero-order valence-electron chi connectivity index (χ0n) is 18.2. The summed E-state index contributed by atoms with van der Waals surface area (Å²) in [6.07, 6.45) is 2.58. The average molecular weight is 479 g/mol. The first-order valence-electron chi connectivity index (χ1n) is 10.4. The molecule has 172 valence electrons. The van der Waals surface area contributed by atoms with Crippen LogP contribution in [-0.4, -0.2) is 43.5 Å². The van der Waals surface area contributed by atoms with Crippen molar-refractivity contribution in [3.05, 3.63) is 37.9 Å². The molecule has 2 N–H and O–H groups in total. The van der Waals surface area contributed by atoms with E-state index in [2.05, 4.69) is 17.6 Å². The first-order chi connectivity index (χ1) is 15.3. The number of nitrogens with one attached hydrogen (secondary N) is 2. The summed E-state index contributed by atoms with van der Waals surface area (Å²) < 4.78 is 10.1. The Morgan fingerprint density at radius 3 is 2.62 bits per heavy atom. The Morgan fingerprint density at radius 1 is 1.16 bits per heavy atom. The quantitative estimate of drug-likeness (QED) is 0.563. The number of ether oxygens (including phenoxy) is 2. The molecule has 0 radical (unpaired) electrons. The molecule has 0 aromatic carbocycles. The van der Waals surface area contributed by atoms with Gasteiger partial charge >= 0.3 is 11.9 Å². The molecule has 8 nitrogen and oxygen atoms in total. The number of aryl methyl sites for hydroxylation is 1. The van der Waals surface area contributed by atoms with Crippen molar-refractivity contribution in [1.82, 2.24) is 5.32 Å². The summed E-state index contributed by atoms with van der Waals surface area (Å²) >= 11 is 2.69. The highest BCUT2D eigenvalue weighted by Gasteiger charge is 2.29. The van der Waals surface area contributed by atoms with E-state index in [4.69, 9.17) is 9.47 Å². The summed E-state index contributed by atoms with van der Waals surface area (Å²) in [5.74, 6) is -1.61. The van der Waals surface area contributed by atoms with Gasteiger partial charge in [-0.1, -0.05) is 6.92 Å². The summed E-state index contributed by atoms with van der Waals surface area (Å²) in [6, 6.07) is 3.49. The van der Waals surface area contributed by atoms with Crippen LogP contribution in [0.5, 0.6) is 0 Å². The van der Waals surface area contributed by atoms with Gasteiger partial charge < -0.3 is 20.1 Å². The second-order valence-corrected chi connectivity index (χ2v) is 9.97. The Morgan fingerprint density at radius 2 is 1.94 bits per heavy atom. The summed E-state index contributed by atoms with van der Waals surface area (Å²) in [7, 11) is 0. The van der Waals surface area contributed by atoms with Crippen molar-refractivity contribution in [1.29, 1.82) is 0 Å². The highest BCUT2D eigenvalue weighted by molar-refractivity contribution is 7.17. The van der Waals surface area contributed by atoms with Crippen molar-refractivity contribution < 1.29 is 28.7 Å². The highest BCUT2D eigenvalue weighted by atomic mass is 32.1. The SMILES string of the molecule is CCOC(=O)c1c(NC(=O)COC(=O)CNC(=O)c2ccc(C)s2)sc2c1CCC(C)C2. The largest absolute Gasteiger partial charge is 0.462 e. The molecule has 0 spiro atoms. The van der Waals surface area contributed by atoms with Gasteiger partial charge in [-0.3, -0.25) is 14.4 Å². The van der Waals surface area contributed by atoms with Crippen LogP contribution in [0.15, 0.2) is 12.1 Å². The average Bonchev–Trinajstić information content (AvgIpc) is 3.33. The molecular formula is C22H26N2O6S2. The molecule has 32 heavy (non-hydrogen) atoms. The van der Waals surface area contributed by atoms with Crippen molar-refractivity contribution in [3.8, 4) is 0 Å². The fourth-order valence-electron chi connectivity index (χ4n) is 3.41. The molecule has 2 amide bonds. The maximum Gasteiger partial charge on any atom is 0.341 e. The molecule has 2 aromatic rings. The van der Waals surface area contributed by atoms with Crippen molar-refractivity contribution in [2.75, 3.05) is 25.1 Å². The number of thiophene rings is 2. The number of rotatable bonds is 8. The molecule has 2 heterocycles. The van der Waals surface area contributed by atoms with Gasteiger partial charge in [-0.05, 0) is 56.7 Å². The van der Waals surface area contributed by atoms with Crippen molar-refractivity contribution >= 4 is 51.4 Å². The molecule has 1 aliphatic rings. The number of fused-ring (bicyclic) bond motifs is 1. The Hall–Kier alpha value is -2.72. The van der Waals surface area contributed by atoms with Gasteiger partial charge in [0.1, 0.15) is 11.5 Å². The van der Waals surface area contributed by atoms with Crippen LogP contribution in [0.4, 0.5) is 5.00 Å². The van der Waals surface area contributed by atoms with Gasteiger partial charge in [0.25, 0.3) is 11.8 Å². The second-order valence-electron chi connectivity index (χ2n) is 7.58. The molecule has 0 saturated heterocycles. The molecule has 1 aliphatic carbocycles. The maximum atomic E-state index is 12.5. The van der Waals surface area contributed by atoms with E-state index < -0.39 is 24.5 Å². The minimum atomic E-state index is -0.730. The van der Waals surface area contributed by atoms with E-state index in [1.165, 1.54) is 22.7 Å². The molecule has 2 aromatic heterocycles. The van der Waals surface area contributed by atoms with Crippen LogP contribution >= 0.6 is 22.7 Å². The lowest BCUT2D eigenvalue weighted by Crippen LogP contribution is -2.31. The molecule has 0 aliphatic heterocycles. The standard InChI is InChI=1S/C22H26N2O6S2/c1-4-29-22(28)19-14-7-5-12(2)9-16(14)32-21(19)24-17(25)11-30-18(26)10-23-20(27)15-8-6-13(3)31-15/h6,8,12H,4-5,7,9-11H2,1-3H3,(H,23,27)(H,24,25). The first kappa shape index (κ1) is 23.9. The lowest BCUT2D eigenvalue weighted by Gasteiger charge is -2.18. The van der Waals surface area contributed by atoms with Gasteiger partial charge in [-0.15, -0.1) is 22.7 Å². The zero-order valence-corrected chi connectivity index (χ0v) is 19.9. The van der Waals surface area contributed by atoms with Gasteiger partial charge in [0.2, 0.25) is 0 Å². The fraction of sp³-hybridized carbons (Fsp3) is 0.455. The summed E-state index contributed by atoms with van der Waals surface area (Å²) in [6.45, 7) is 5.14. The molecule has 0 saturated carbocycles. The first-order valence-corrected chi connectivity index (χ1v) is 12.0. The molecular weight excluding hydrogens is 452 g/mol. The van der Waals surface area contributed by atoms with E-state index >= 15 is 0 Å². The predicted octanol–water partition coefficient (Wildman–Crippen LogP) is 3.33. The molecule has 1 unspecified atom stereocenters. The number of esters is 2. The van der Waals surface area contributed by atoms with Crippen LogP contribution in [0, 0.1) is 12.8 Å². The number of carbonyl (C=O) groups is 4. The van der Waals surface area contributed by atoms with Gasteiger partial charge in [0.15, 0.2) is 6.61 Å². The Labute approximate surface area is 194 Å². The number of hydrogen-bond donors (Lipinski definition) is 2. The third-order valence-corrected chi connectivity index (χ3v) is 7.14. The Bertz CT molecular complexity index is 1030. The van der Waals surface area contributed by atoms with E-state index in [9.17, 15) is 19.2 Å². The third kappa shape index (κ3) is 5.95. The van der Waals surface area contributed by atoms with E-state index in [0.717, 1.165) is 34.6 Å². The van der Waals surface area contributed by atoms with E-state index in [-0.39, 0.29) is 19.1 Å². The van der Waals surface area contributed by atoms with E-state index in [0.29, 0.717) is 21.4 Å². The monoisotopic (exact) mass is 478 g/mol. The van der Waals surface area contributed by atoms with Crippen LogP contribution in [-0.2, 0) is 31.9 Å². The molecule has 3 rings (SSSR count). The minimum absolute atomic E-state index is 0.238. The third-order valence-electron chi connectivity index (χ3n) is 4.97. The summed E-state index contributed by atoms with van der Waals surface area (Å²) in [5, 5.41) is 5.57. The van der Waals surface area contributed by atoms with Crippen molar-refractivity contribution in [2.24, 2.45) is 5.92 Å². The normalized spacial score (nSPS) is 14.9. The smallest absolute Gasteiger partial charge is 0.341 e. The number of hydrogen-bond acceptors (Lipinski definition) is 8. The topological polar surface area (TPSA) is 111 Å². The molecule has 1 atom stereocenters.